The summed E-state index contributed by atoms with van der Waals surface area (Å²) in [7, 11) is 1.39. The van der Waals surface area contributed by atoms with E-state index in [1.165, 1.54) is 19.4 Å². The Kier molecular flexibility index (Phi) is 4.19. The number of methoxy groups -OCH3 is 1. The van der Waals surface area contributed by atoms with Gasteiger partial charge in [-0.3, -0.25) is 4.79 Å². The lowest BCUT2D eigenvalue weighted by atomic mass is 9.87. The quantitative estimate of drug-likeness (QED) is 0.848. The van der Waals surface area contributed by atoms with Gasteiger partial charge in [0.15, 0.2) is 5.82 Å². The van der Waals surface area contributed by atoms with E-state index in [4.69, 9.17) is 15.2 Å². The number of anilines is 1. The third-order valence-corrected chi connectivity index (χ3v) is 3.32. The van der Waals surface area contributed by atoms with Crippen LogP contribution in [0.15, 0.2) is 12.3 Å². The van der Waals surface area contributed by atoms with Gasteiger partial charge in [-0.2, -0.15) is 0 Å². The van der Waals surface area contributed by atoms with Crippen molar-refractivity contribution >= 4 is 11.7 Å². The van der Waals surface area contributed by atoms with Gasteiger partial charge in [-0.25, -0.2) is 9.37 Å². The van der Waals surface area contributed by atoms with Crippen LogP contribution in [0.1, 0.15) is 25.7 Å². The smallest absolute Gasteiger partial charge is 0.308 e. The first-order chi connectivity index (χ1) is 9.10. The summed E-state index contributed by atoms with van der Waals surface area (Å²) in [5.74, 6) is -0.852. The molecule has 1 aromatic heterocycles. The van der Waals surface area contributed by atoms with E-state index >= 15 is 0 Å². The monoisotopic (exact) mass is 268 g/mol. The predicted molar refractivity (Wildman–Crippen MR) is 67.0 cm³/mol. The van der Waals surface area contributed by atoms with Crippen LogP contribution in [0.25, 0.3) is 0 Å². The standard InChI is InChI=1S/C13H17FN2O3/c1-18-13(17)8-2-4-10(5-3-8)19-12-11(14)6-9(15)7-16-12/h6-8,10H,2-5,15H2,1H3/t8-,10+. The van der Waals surface area contributed by atoms with Gasteiger partial charge >= 0.3 is 5.97 Å². The second kappa shape index (κ2) is 5.86. The minimum atomic E-state index is -0.560. The summed E-state index contributed by atoms with van der Waals surface area (Å²) in [4.78, 5) is 15.2. The van der Waals surface area contributed by atoms with Crippen LogP contribution in [-0.4, -0.2) is 24.2 Å². The van der Waals surface area contributed by atoms with Crippen LogP contribution in [0.4, 0.5) is 10.1 Å². The number of nitrogens with two attached hydrogens (primary N) is 1. The lowest BCUT2D eigenvalue weighted by Crippen LogP contribution is -2.29. The summed E-state index contributed by atoms with van der Waals surface area (Å²) >= 11 is 0. The second-order valence-corrected chi connectivity index (χ2v) is 4.67. The number of rotatable bonds is 3. The Morgan fingerprint density at radius 1 is 1.42 bits per heavy atom. The summed E-state index contributed by atoms with van der Waals surface area (Å²) < 4.78 is 23.7. The summed E-state index contributed by atoms with van der Waals surface area (Å²) in [6.45, 7) is 0. The van der Waals surface area contributed by atoms with Gasteiger partial charge in [0.25, 0.3) is 5.88 Å². The topological polar surface area (TPSA) is 74.4 Å². The van der Waals surface area contributed by atoms with Crippen molar-refractivity contribution in [2.45, 2.75) is 31.8 Å². The van der Waals surface area contributed by atoms with E-state index in [1.54, 1.807) is 0 Å². The Balaban J connectivity index is 1.90. The first-order valence-electron chi connectivity index (χ1n) is 6.25. The highest BCUT2D eigenvalue weighted by Gasteiger charge is 2.28. The molecule has 6 heteroatoms. The van der Waals surface area contributed by atoms with Crippen molar-refractivity contribution in [3.63, 3.8) is 0 Å². The fraction of sp³-hybridized carbons (Fsp3) is 0.538. The molecule has 2 rings (SSSR count). The SMILES string of the molecule is COC(=O)[C@H]1CC[C@@H](Oc2ncc(N)cc2F)CC1. The fourth-order valence-electron chi connectivity index (χ4n) is 2.27. The second-order valence-electron chi connectivity index (χ2n) is 4.67. The number of nitrogen functional groups attached to an aromatic ring is 1. The maximum absolute atomic E-state index is 13.5. The molecule has 2 N–H and O–H groups in total. The normalized spacial score (nSPS) is 22.8. The molecule has 0 bridgehead atoms. The Labute approximate surface area is 110 Å². The molecular weight excluding hydrogens is 251 g/mol. The highest BCUT2D eigenvalue weighted by molar-refractivity contribution is 5.72. The number of ether oxygens (including phenoxy) is 2. The van der Waals surface area contributed by atoms with E-state index < -0.39 is 5.82 Å². The predicted octanol–water partition coefficient (Wildman–Crippen LogP) is 1.91. The van der Waals surface area contributed by atoms with Gasteiger partial charge in [0.2, 0.25) is 0 Å². The lowest BCUT2D eigenvalue weighted by Gasteiger charge is -2.27. The maximum atomic E-state index is 13.5. The number of aromatic nitrogens is 1. The third kappa shape index (κ3) is 3.33. The number of carbonyl (C=O) groups excluding carboxylic acids is 1. The molecule has 1 saturated carbocycles. The Bertz CT molecular complexity index is 459. The number of esters is 1. The number of carbonyl (C=O) groups is 1. The average molecular weight is 268 g/mol. The van der Waals surface area contributed by atoms with E-state index in [9.17, 15) is 9.18 Å². The summed E-state index contributed by atoms with van der Waals surface area (Å²) in [6, 6.07) is 1.18. The lowest BCUT2D eigenvalue weighted by molar-refractivity contribution is -0.147. The van der Waals surface area contributed by atoms with Gasteiger partial charge in [0.05, 0.1) is 24.9 Å². The van der Waals surface area contributed by atoms with E-state index in [0.29, 0.717) is 25.7 Å². The van der Waals surface area contributed by atoms with Gasteiger partial charge < -0.3 is 15.2 Å². The summed E-state index contributed by atoms with van der Waals surface area (Å²) in [5.41, 5.74) is 5.68. The average Bonchev–Trinajstić information content (AvgIpc) is 2.42. The summed E-state index contributed by atoms with van der Waals surface area (Å²) in [6.07, 6.45) is 3.99. The van der Waals surface area contributed by atoms with Crippen molar-refractivity contribution in [1.82, 2.24) is 4.98 Å². The van der Waals surface area contributed by atoms with Crippen LogP contribution in [-0.2, 0) is 9.53 Å². The number of nitrogens with zero attached hydrogens (tertiary/aromatic N) is 1. The van der Waals surface area contributed by atoms with Crippen LogP contribution in [0.2, 0.25) is 0 Å². The van der Waals surface area contributed by atoms with Gasteiger partial charge in [0.1, 0.15) is 6.10 Å². The molecule has 1 heterocycles. The highest BCUT2D eigenvalue weighted by atomic mass is 19.1. The zero-order chi connectivity index (χ0) is 13.8. The Hall–Kier alpha value is -1.85. The van der Waals surface area contributed by atoms with Gasteiger partial charge in [-0.05, 0) is 25.7 Å². The van der Waals surface area contributed by atoms with Crippen molar-refractivity contribution in [2.75, 3.05) is 12.8 Å². The van der Waals surface area contributed by atoms with E-state index in [1.807, 2.05) is 0 Å². The van der Waals surface area contributed by atoms with Crippen LogP contribution in [0.5, 0.6) is 5.88 Å². The third-order valence-electron chi connectivity index (χ3n) is 3.32. The molecule has 0 amide bonds. The Morgan fingerprint density at radius 2 is 2.11 bits per heavy atom. The molecule has 0 atom stereocenters. The van der Waals surface area contributed by atoms with Crippen LogP contribution >= 0.6 is 0 Å². The van der Waals surface area contributed by atoms with Crippen LogP contribution < -0.4 is 10.5 Å². The van der Waals surface area contributed by atoms with Crippen molar-refractivity contribution in [3.05, 3.63) is 18.1 Å². The van der Waals surface area contributed by atoms with Gasteiger partial charge in [0, 0.05) is 6.07 Å². The van der Waals surface area contributed by atoms with Crippen molar-refractivity contribution in [1.29, 1.82) is 0 Å². The number of hydrogen-bond donors (Lipinski definition) is 1. The molecular formula is C13H17FN2O3. The number of pyridine rings is 1. The molecule has 1 aromatic rings. The van der Waals surface area contributed by atoms with E-state index in [2.05, 4.69) is 4.98 Å². The van der Waals surface area contributed by atoms with Crippen molar-refractivity contribution < 1.29 is 18.7 Å². The van der Waals surface area contributed by atoms with Gasteiger partial charge in [-0.1, -0.05) is 0 Å². The maximum Gasteiger partial charge on any atom is 0.308 e. The summed E-state index contributed by atoms with van der Waals surface area (Å²) in [5, 5.41) is 0. The Morgan fingerprint density at radius 3 is 2.68 bits per heavy atom. The largest absolute Gasteiger partial charge is 0.472 e. The van der Waals surface area contributed by atoms with E-state index in [-0.39, 0.29) is 29.6 Å². The molecule has 0 aliphatic heterocycles. The fourth-order valence-corrected chi connectivity index (χ4v) is 2.27. The molecule has 0 aromatic carbocycles. The zero-order valence-electron chi connectivity index (χ0n) is 10.8. The first-order valence-corrected chi connectivity index (χ1v) is 6.25. The molecule has 0 spiro atoms. The first kappa shape index (κ1) is 13.6. The minimum absolute atomic E-state index is 0.0317. The molecule has 1 aliphatic carbocycles. The van der Waals surface area contributed by atoms with Gasteiger partial charge in [-0.15, -0.1) is 0 Å². The van der Waals surface area contributed by atoms with E-state index in [0.717, 1.165) is 0 Å². The molecule has 19 heavy (non-hydrogen) atoms. The molecule has 0 saturated heterocycles. The van der Waals surface area contributed by atoms with Crippen molar-refractivity contribution in [3.8, 4) is 5.88 Å². The van der Waals surface area contributed by atoms with Crippen molar-refractivity contribution in [2.24, 2.45) is 5.92 Å². The number of halogens is 1. The molecule has 0 radical (unpaired) electrons. The molecule has 1 aliphatic rings. The zero-order valence-corrected chi connectivity index (χ0v) is 10.8. The molecule has 5 nitrogen and oxygen atoms in total. The highest BCUT2D eigenvalue weighted by Crippen LogP contribution is 2.28. The molecule has 1 fully saturated rings. The molecule has 0 unspecified atom stereocenters. The van der Waals surface area contributed by atoms with Crippen LogP contribution in [0, 0.1) is 11.7 Å². The molecule has 104 valence electrons. The number of hydrogen-bond acceptors (Lipinski definition) is 5. The minimum Gasteiger partial charge on any atom is -0.472 e. The van der Waals surface area contributed by atoms with Crippen LogP contribution in [0.3, 0.4) is 0 Å².